The van der Waals surface area contributed by atoms with Gasteiger partial charge < -0.3 is 5.11 Å². The number of hydrogen-bond donors (Lipinski definition) is 2. The van der Waals surface area contributed by atoms with Crippen LogP contribution in [0, 0.1) is 0 Å². The fourth-order valence-corrected chi connectivity index (χ4v) is 3.39. The summed E-state index contributed by atoms with van der Waals surface area (Å²) >= 11 is 0. The van der Waals surface area contributed by atoms with E-state index in [2.05, 4.69) is 22.1 Å². The van der Waals surface area contributed by atoms with E-state index in [0.717, 1.165) is 24.3 Å². The maximum absolute atomic E-state index is 12.7. The largest absolute Gasteiger partial charge is 0.478 e. The Morgan fingerprint density at radius 3 is 2.50 bits per heavy atom. The number of carboxylic acid groups (broad SMARTS) is 1. The third-order valence-electron chi connectivity index (χ3n) is 4.75. The molecule has 2 N–H and O–H groups in total. The Labute approximate surface area is 150 Å². The second-order valence-electron chi connectivity index (χ2n) is 6.51. The van der Waals surface area contributed by atoms with Gasteiger partial charge in [-0.2, -0.15) is 0 Å². The van der Waals surface area contributed by atoms with E-state index in [1.165, 1.54) is 22.4 Å². The fraction of sp³-hybridized carbons (Fsp3) is 0.200. The number of aromatic amines is 1. The van der Waals surface area contributed by atoms with Gasteiger partial charge in [-0.3, -0.25) is 14.8 Å². The number of fused-ring (bicyclic) bond motifs is 1. The minimum atomic E-state index is -0.980. The molecule has 2 aromatic carbocycles. The Morgan fingerprint density at radius 1 is 1.08 bits per heavy atom. The van der Waals surface area contributed by atoms with Crippen molar-refractivity contribution in [3.63, 3.8) is 0 Å². The minimum Gasteiger partial charge on any atom is -0.478 e. The van der Waals surface area contributed by atoms with Gasteiger partial charge in [0.2, 0.25) is 0 Å². The first-order valence-electron chi connectivity index (χ1n) is 8.54. The van der Waals surface area contributed by atoms with Crippen molar-refractivity contribution in [2.45, 2.75) is 19.5 Å². The van der Waals surface area contributed by atoms with Crippen LogP contribution < -0.4 is 5.56 Å². The molecule has 3 aromatic rings. The maximum atomic E-state index is 12.7. The summed E-state index contributed by atoms with van der Waals surface area (Å²) in [6.45, 7) is 2.38. The molecule has 0 atom stereocenters. The number of benzene rings is 2. The number of rotatable bonds is 4. The van der Waals surface area contributed by atoms with Crippen LogP contribution in [0.15, 0.2) is 59.4 Å². The van der Waals surface area contributed by atoms with E-state index in [1.54, 1.807) is 12.1 Å². The van der Waals surface area contributed by atoms with Crippen molar-refractivity contribution in [1.82, 2.24) is 14.7 Å². The highest BCUT2D eigenvalue weighted by molar-refractivity contribution is 5.87. The average molecular weight is 349 g/mol. The highest BCUT2D eigenvalue weighted by Crippen LogP contribution is 2.18. The summed E-state index contributed by atoms with van der Waals surface area (Å²) in [7, 11) is 0. The Balaban J connectivity index is 1.58. The van der Waals surface area contributed by atoms with Crippen LogP contribution in [0.3, 0.4) is 0 Å². The molecule has 2 heterocycles. The monoisotopic (exact) mass is 349 g/mol. The first-order chi connectivity index (χ1) is 12.6. The third kappa shape index (κ3) is 3.07. The number of carbonyl (C=O) groups is 1. The van der Waals surface area contributed by atoms with E-state index in [0.29, 0.717) is 18.7 Å². The lowest BCUT2D eigenvalue weighted by Gasteiger charge is -2.25. The molecule has 0 radical (unpaired) electrons. The number of aromatic carboxylic acids is 1. The van der Waals surface area contributed by atoms with Crippen molar-refractivity contribution in [3.8, 4) is 5.69 Å². The van der Waals surface area contributed by atoms with Crippen LogP contribution >= 0.6 is 0 Å². The molecule has 0 amide bonds. The lowest BCUT2D eigenvalue weighted by Crippen LogP contribution is -2.31. The smallest absolute Gasteiger partial charge is 0.335 e. The van der Waals surface area contributed by atoms with Gasteiger partial charge in [0.25, 0.3) is 5.56 Å². The summed E-state index contributed by atoms with van der Waals surface area (Å²) in [5, 5.41) is 12.2. The van der Waals surface area contributed by atoms with Gasteiger partial charge >= 0.3 is 5.97 Å². The molecule has 0 saturated heterocycles. The molecule has 6 nitrogen and oxygen atoms in total. The number of nitrogens with one attached hydrogen (secondary N) is 1. The van der Waals surface area contributed by atoms with Gasteiger partial charge in [-0.25, -0.2) is 9.48 Å². The molecule has 0 saturated carbocycles. The molecular weight excluding hydrogens is 330 g/mol. The standard InChI is InChI=1S/C20H19N3O3/c24-19-17-10-11-22(12-14-4-2-1-3-5-14)13-18(17)21-23(19)16-8-6-15(7-9-16)20(25)26/h1-9,21H,10-13H2,(H,25,26). The molecule has 1 aliphatic rings. The number of nitrogens with zero attached hydrogens (tertiary/aromatic N) is 2. The van der Waals surface area contributed by atoms with Crippen molar-refractivity contribution < 1.29 is 9.90 Å². The summed E-state index contributed by atoms with van der Waals surface area (Å²) in [4.78, 5) is 26.0. The van der Waals surface area contributed by atoms with Gasteiger partial charge in [0, 0.05) is 25.2 Å². The van der Waals surface area contributed by atoms with Gasteiger partial charge in [0.1, 0.15) is 0 Å². The summed E-state index contributed by atoms with van der Waals surface area (Å²) < 4.78 is 1.50. The van der Waals surface area contributed by atoms with Crippen LogP contribution in [-0.4, -0.2) is 32.3 Å². The van der Waals surface area contributed by atoms with Gasteiger partial charge in [-0.1, -0.05) is 30.3 Å². The molecule has 1 aliphatic heterocycles. The molecule has 0 aliphatic carbocycles. The van der Waals surface area contributed by atoms with E-state index >= 15 is 0 Å². The second-order valence-corrected chi connectivity index (χ2v) is 6.51. The Hall–Kier alpha value is -3.12. The van der Waals surface area contributed by atoms with Crippen molar-refractivity contribution >= 4 is 5.97 Å². The number of carboxylic acids is 1. The highest BCUT2D eigenvalue weighted by atomic mass is 16.4. The Morgan fingerprint density at radius 2 is 1.81 bits per heavy atom. The van der Waals surface area contributed by atoms with Crippen LogP contribution in [0.1, 0.15) is 27.2 Å². The molecule has 132 valence electrons. The Bertz CT molecular complexity index is 987. The highest BCUT2D eigenvalue weighted by Gasteiger charge is 2.23. The predicted octanol–water partition coefficient (Wildman–Crippen LogP) is 2.42. The lowest BCUT2D eigenvalue weighted by atomic mass is 10.1. The minimum absolute atomic E-state index is 0.0533. The first kappa shape index (κ1) is 16.4. The van der Waals surface area contributed by atoms with E-state index in [9.17, 15) is 9.59 Å². The summed E-state index contributed by atoms with van der Waals surface area (Å²) in [6, 6.07) is 16.6. The zero-order valence-electron chi connectivity index (χ0n) is 14.2. The molecule has 0 bridgehead atoms. The summed E-state index contributed by atoms with van der Waals surface area (Å²) in [5.74, 6) is -0.980. The van der Waals surface area contributed by atoms with Gasteiger partial charge in [0.05, 0.1) is 16.9 Å². The van der Waals surface area contributed by atoms with E-state index < -0.39 is 5.97 Å². The molecule has 1 aromatic heterocycles. The van der Waals surface area contributed by atoms with Crippen molar-refractivity contribution in [3.05, 3.63) is 87.3 Å². The fourth-order valence-electron chi connectivity index (χ4n) is 3.39. The van der Waals surface area contributed by atoms with Crippen LogP contribution in [0.4, 0.5) is 0 Å². The first-order valence-corrected chi connectivity index (χ1v) is 8.54. The van der Waals surface area contributed by atoms with Crippen molar-refractivity contribution in [1.29, 1.82) is 0 Å². The number of aromatic nitrogens is 2. The molecule has 0 spiro atoms. The lowest BCUT2D eigenvalue weighted by molar-refractivity contribution is 0.0697. The normalized spacial score (nSPS) is 14.2. The molecule has 4 rings (SSSR count). The predicted molar refractivity (Wildman–Crippen MR) is 97.6 cm³/mol. The van der Waals surface area contributed by atoms with Crippen LogP contribution in [-0.2, 0) is 19.5 Å². The van der Waals surface area contributed by atoms with E-state index in [1.807, 2.05) is 18.2 Å². The van der Waals surface area contributed by atoms with Crippen LogP contribution in [0.5, 0.6) is 0 Å². The SMILES string of the molecule is O=C(O)c1ccc(-n2[nH]c3c(c2=O)CCN(Cc2ccccc2)C3)cc1. The van der Waals surface area contributed by atoms with Crippen LogP contribution in [0.25, 0.3) is 5.69 Å². The van der Waals surface area contributed by atoms with E-state index in [-0.39, 0.29) is 11.1 Å². The average Bonchev–Trinajstić information content (AvgIpc) is 2.99. The molecule has 0 unspecified atom stereocenters. The number of H-pyrrole nitrogens is 1. The zero-order valence-corrected chi connectivity index (χ0v) is 14.2. The number of hydrogen-bond acceptors (Lipinski definition) is 3. The van der Waals surface area contributed by atoms with Gasteiger partial charge in [0.15, 0.2) is 0 Å². The molecule has 6 heteroatoms. The van der Waals surface area contributed by atoms with E-state index in [4.69, 9.17) is 5.11 Å². The second kappa shape index (κ2) is 6.65. The molecular formula is C20H19N3O3. The summed E-state index contributed by atoms with van der Waals surface area (Å²) in [5.41, 5.74) is 3.79. The maximum Gasteiger partial charge on any atom is 0.335 e. The molecule has 0 fully saturated rings. The van der Waals surface area contributed by atoms with Gasteiger partial charge in [-0.05, 0) is 36.2 Å². The summed E-state index contributed by atoms with van der Waals surface area (Å²) in [6.07, 6.45) is 0.706. The zero-order chi connectivity index (χ0) is 18.1. The third-order valence-corrected chi connectivity index (χ3v) is 4.75. The van der Waals surface area contributed by atoms with Gasteiger partial charge in [-0.15, -0.1) is 0 Å². The Kier molecular flexibility index (Phi) is 4.18. The molecule has 26 heavy (non-hydrogen) atoms. The topological polar surface area (TPSA) is 78.3 Å². The van der Waals surface area contributed by atoms with Crippen molar-refractivity contribution in [2.24, 2.45) is 0 Å². The van der Waals surface area contributed by atoms with Crippen LogP contribution in [0.2, 0.25) is 0 Å². The quantitative estimate of drug-likeness (QED) is 0.758. The van der Waals surface area contributed by atoms with Crippen molar-refractivity contribution in [2.75, 3.05) is 6.54 Å².